The number of hydrogen-bond acceptors (Lipinski definition) is 4. The van der Waals surface area contributed by atoms with Crippen molar-refractivity contribution in [1.29, 1.82) is 0 Å². The molecule has 0 aliphatic heterocycles. The molecule has 1 aromatic heterocycles. The van der Waals surface area contributed by atoms with Gasteiger partial charge in [0.25, 0.3) is 5.91 Å². The van der Waals surface area contributed by atoms with Crippen LogP contribution in [0.4, 0.5) is 11.4 Å². The van der Waals surface area contributed by atoms with Crippen molar-refractivity contribution in [1.82, 2.24) is 15.2 Å². The molecule has 0 saturated carbocycles. The van der Waals surface area contributed by atoms with E-state index in [9.17, 15) is 4.79 Å². The molecule has 0 spiro atoms. The fourth-order valence-electron chi connectivity index (χ4n) is 1.80. The number of anilines is 2. The second kappa shape index (κ2) is 7.40. The van der Waals surface area contributed by atoms with E-state index in [1.807, 2.05) is 55.4 Å². The van der Waals surface area contributed by atoms with Gasteiger partial charge in [0, 0.05) is 30.7 Å². The Hall–Kier alpha value is -2.40. The Morgan fingerprint density at radius 3 is 2.62 bits per heavy atom. The first-order valence-electron chi connectivity index (χ1n) is 6.86. The van der Waals surface area contributed by atoms with Crippen LogP contribution in [0.25, 0.3) is 0 Å². The lowest BCUT2D eigenvalue weighted by Gasteiger charge is -2.11. The molecule has 0 fully saturated rings. The molecule has 21 heavy (non-hydrogen) atoms. The summed E-state index contributed by atoms with van der Waals surface area (Å²) in [5.74, 6) is -0.159. The molecular weight excluding hydrogens is 264 g/mol. The average Bonchev–Trinajstić information content (AvgIpc) is 2.48. The van der Waals surface area contributed by atoms with E-state index in [1.54, 1.807) is 12.3 Å². The highest BCUT2D eigenvalue weighted by atomic mass is 16.1. The summed E-state index contributed by atoms with van der Waals surface area (Å²) < 4.78 is 0. The summed E-state index contributed by atoms with van der Waals surface area (Å²) in [4.78, 5) is 18.1. The van der Waals surface area contributed by atoms with Crippen LogP contribution >= 0.6 is 0 Å². The molecule has 0 saturated heterocycles. The Balaban J connectivity index is 1.98. The van der Waals surface area contributed by atoms with Gasteiger partial charge in [-0.2, -0.15) is 0 Å². The summed E-state index contributed by atoms with van der Waals surface area (Å²) in [5, 5.41) is 6.10. The highest BCUT2D eigenvalue weighted by Gasteiger charge is 2.07. The van der Waals surface area contributed by atoms with Crippen LogP contribution < -0.4 is 10.6 Å². The van der Waals surface area contributed by atoms with E-state index < -0.39 is 0 Å². The van der Waals surface area contributed by atoms with Crippen LogP contribution in [-0.2, 0) is 0 Å². The summed E-state index contributed by atoms with van der Waals surface area (Å²) in [5.41, 5.74) is 2.23. The maximum absolute atomic E-state index is 12.0. The fraction of sp³-hybridized carbons (Fsp3) is 0.250. The van der Waals surface area contributed by atoms with Gasteiger partial charge in [-0.15, -0.1) is 0 Å². The van der Waals surface area contributed by atoms with Gasteiger partial charge in [0.2, 0.25) is 0 Å². The Bertz CT molecular complexity index is 584. The van der Waals surface area contributed by atoms with Crippen molar-refractivity contribution in [3.63, 3.8) is 0 Å². The molecule has 0 bridgehead atoms. The van der Waals surface area contributed by atoms with E-state index >= 15 is 0 Å². The van der Waals surface area contributed by atoms with Crippen LogP contribution in [-0.4, -0.2) is 43.0 Å². The minimum atomic E-state index is -0.159. The lowest BCUT2D eigenvalue weighted by Crippen LogP contribution is -2.31. The zero-order chi connectivity index (χ0) is 15.1. The van der Waals surface area contributed by atoms with Gasteiger partial charge in [0.1, 0.15) is 5.69 Å². The molecule has 110 valence electrons. The Kier molecular flexibility index (Phi) is 5.29. The number of likely N-dealkylation sites (N-methyl/N-ethyl adjacent to an activating group) is 1. The monoisotopic (exact) mass is 284 g/mol. The van der Waals surface area contributed by atoms with E-state index in [-0.39, 0.29) is 5.91 Å². The first-order valence-corrected chi connectivity index (χ1v) is 6.86. The van der Waals surface area contributed by atoms with E-state index in [0.29, 0.717) is 12.2 Å². The number of hydrogen-bond donors (Lipinski definition) is 2. The quantitative estimate of drug-likeness (QED) is 0.853. The van der Waals surface area contributed by atoms with Gasteiger partial charge in [-0.05, 0) is 38.4 Å². The fourth-order valence-corrected chi connectivity index (χ4v) is 1.80. The van der Waals surface area contributed by atoms with Gasteiger partial charge in [-0.25, -0.2) is 0 Å². The standard InChI is InChI=1S/C16H20N4O/c1-20(2)11-10-18-16(21)15-12-14(8-9-17-15)19-13-6-4-3-5-7-13/h3-9,12H,10-11H2,1-2H3,(H,17,19)(H,18,21). The highest BCUT2D eigenvalue weighted by molar-refractivity contribution is 5.93. The zero-order valence-corrected chi connectivity index (χ0v) is 12.3. The average molecular weight is 284 g/mol. The summed E-state index contributed by atoms with van der Waals surface area (Å²) in [6, 6.07) is 13.4. The molecule has 2 N–H and O–H groups in total. The lowest BCUT2D eigenvalue weighted by atomic mass is 10.2. The van der Waals surface area contributed by atoms with Crippen LogP contribution in [0.3, 0.4) is 0 Å². The Labute approximate surface area is 125 Å². The zero-order valence-electron chi connectivity index (χ0n) is 12.3. The number of aromatic nitrogens is 1. The number of nitrogens with one attached hydrogen (secondary N) is 2. The van der Waals surface area contributed by atoms with Crippen molar-refractivity contribution in [2.24, 2.45) is 0 Å². The van der Waals surface area contributed by atoms with Crippen molar-refractivity contribution in [3.05, 3.63) is 54.4 Å². The maximum Gasteiger partial charge on any atom is 0.269 e. The number of para-hydroxylation sites is 1. The largest absolute Gasteiger partial charge is 0.355 e. The third-order valence-electron chi connectivity index (χ3n) is 2.90. The normalized spacial score (nSPS) is 10.4. The van der Waals surface area contributed by atoms with E-state index in [2.05, 4.69) is 15.6 Å². The summed E-state index contributed by atoms with van der Waals surface area (Å²) in [7, 11) is 3.93. The molecule has 2 rings (SSSR count). The minimum absolute atomic E-state index is 0.159. The number of carbonyl (C=O) groups is 1. The number of pyridine rings is 1. The van der Waals surface area contributed by atoms with Crippen LogP contribution in [0.15, 0.2) is 48.7 Å². The number of benzene rings is 1. The second-order valence-electron chi connectivity index (χ2n) is 4.98. The highest BCUT2D eigenvalue weighted by Crippen LogP contribution is 2.15. The molecule has 0 atom stereocenters. The van der Waals surface area contributed by atoms with Crippen LogP contribution in [0.5, 0.6) is 0 Å². The van der Waals surface area contributed by atoms with Gasteiger partial charge >= 0.3 is 0 Å². The Morgan fingerprint density at radius 1 is 1.14 bits per heavy atom. The predicted molar refractivity (Wildman–Crippen MR) is 84.8 cm³/mol. The molecule has 1 heterocycles. The summed E-state index contributed by atoms with van der Waals surface area (Å²) in [6.45, 7) is 1.40. The first-order chi connectivity index (χ1) is 10.1. The van der Waals surface area contributed by atoms with Gasteiger partial charge < -0.3 is 15.5 Å². The van der Waals surface area contributed by atoms with Crippen molar-refractivity contribution in [3.8, 4) is 0 Å². The van der Waals surface area contributed by atoms with Gasteiger partial charge in [0.15, 0.2) is 0 Å². The minimum Gasteiger partial charge on any atom is -0.355 e. The number of carbonyl (C=O) groups excluding carboxylic acids is 1. The van der Waals surface area contributed by atoms with Gasteiger partial charge in [-0.1, -0.05) is 18.2 Å². The number of rotatable bonds is 6. The topological polar surface area (TPSA) is 57.3 Å². The molecule has 2 aromatic rings. The van der Waals surface area contributed by atoms with Crippen molar-refractivity contribution >= 4 is 17.3 Å². The second-order valence-corrected chi connectivity index (χ2v) is 4.98. The summed E-state index contributed by atoms with van der Waals surface area (Å²) >= 11 is 0. The van der Waals surface area contributed by atoms with Crippen molar-refractivity contribution in [2.75, 3.05) is 32.5 Å². The molecule has 0 unspecified atom stereocenters. The molecular formula is C16H20N4O. The molecule has 5 heteroatoms. The van der Waals surface area contributed by atoms with Crippen LogP contribution in [0, 0.1) is 0 Å². The third kappa shape index (κ3) is 4.89. The smallest absolute Gasteiger partial charge is 0.269 e. The van der Waals surface area contributed by atoms with Gasteiger partial charge in [-0.3, -0.25) is 9.78 Å². The van der Waals surface area contributed by atoms with Crippen LogP contribution in [0.1, 0.15) is 10.5 Å². The number of nitrogens with zero attached hydrogens (tertiary/aromatic N) is 2. The van der Waals surface area contributed by atoms with Crippen molar-refractivity contribution < 1.29 is 4.79 Å². The molecule has 5 nitrogen and oxygen atoms in total. The van der Waals surface area contributed by atoms with E-state index in [0.717, 1.165) is 17.9 Å². The third-order valence-corrected chi connectivity index (χ3v) is 2.90. The van der Waals surface area contributed by atoms with Crippen molar-refractivity contribution in [2.45, 2.75) is 0 Å². The van der Waals surface area contributed by atoms with Gasteiger partial charge in [0.05, 0.1) is 0 Å². The molecule has 0 aliphatic rings. The lowest BCUT2D eigenvalue weighted by molar-refractivity contribution is 0.0946. The SMILES string of the molecule is CN(C)CCNC(=O)c1cc(Nc2ccccc2)ccn1. The van der Waals surface area contributed by atoms with E-state index in [1.165, 1.54) is 0 Å². The molecule has 0 aliphatic carbocycles. The first kappa shape index (κ1) is 15.0. The molecule has 1 aromatic carbocycles. The molecule has 0 radical (unpaired) electrons. The van der Waals surface area contributed by atoms with Crippen LogP contribution in [0.2, 0.25) is 0 Å². The Morgan fingerprint density at radius 2 is 1.90 bits per heavy atom. The summed E-state index contributed by atoms with van der Waals surface area (Å²) in [6.07, 6.45) is 1.63. The molecule has 1 amide bonds. The number of amides is 1. The predicted octanol–water partition coefficient (Wildman–Crippen LogP) is 2.12. The maximum atomic E-state index is 12.0. The van der Waals surface area contributed by atoms with E-state index in [4.69, 9.17) is 0 Å².